The molecule has 4 atom stereocenters. The quantitative estimate of drug-likeness (QED) is 0.0581. The molecule has 3 aromatic rings. The number of esters is 2. The lowest BCUT2D eigenvalue weighted by Gasteiger charge is -2.56. The van der Waals surface area contributed by atoms with Gasteiger partial charge in [0.1, 0.15) is 23.6 Å². The Morgan fingerprint density at radius 1 is 1.10 bits per heavy atom. The van der Waals surface area contributed by atoms with E-state index >= 15 is 0 Å². The summed E-state index contributed by atoms with van der Waals surface area (Å²) in [4.78, 5) is 59.3. The van der Waals surface area contributed by atoms with Gasteiger partial charge in [-0.2, -0.15) is 0 Å². The van der Waals surface area contributed by atoms with Gasteiger partial charge in [0.25, 0.3) is 0 Å². The molecule has 17 heteroatoms. The van der Waals surface area contributed by atoms with E-state index in [4.69, 9.17) is 23.9 Å². The number of nitrogens with one attached hydrogen (secondary N) is 1. The number of methoxy groups -OCH3 is 1. The second kappa shape index (κ2) is 18.0. The van der Waals surface area contributed by atoms with Crippen LogP contribution in [0.1, 0.15) is 64.0 Å². The number of thioether (sulfide) groups is 2. The van der Waals surface area contributed by atoms with Crippen LogP contribution in [0.2, 0.25) is 0 Å². The maximum atomic E-state index is 14.5. The highest BCUT2D eigenvalue weighted by molar-refractivity contribution is 8.02. The van der Waals surface area contributed by atoms with E-state index in [0.29, 0.717) is 46.7 Å². The summed E-state index contributed by atoms with van der Waals surface area (Å²) in [5.74, 6) is -1.04. The topological polar surface area (TPSA) is 178 Å². The number of nitrogens with zero attached hydrogens (tertiary/aromatic N) is 6. The van der Waals surface area contributed by atoms with Crippen molar-refractivity contribution in [3.63, 3.8) is 0 Å². The monoisotopic (exact) mass is 755 g/mol. The molecule has 1 aliphatic carbocycles. The minimum atomic E-state index is -1.96. The molecule has 0 bridgehead atoms. The number of hydrogen-bond acceptors (Lipinski definition) is 14. The lowest BCUT2D eigenvalue weighted by atomic mass is 9.67. The van der Waals surface area contributed by atoms with Gasteiger partial charge in [0.15, 0.2) is 0 Å². The van der Waals surface area contributed by atoms with Gasteiger partial charge in [0, 0.05) is 50.2 Å². The highest BCUT2D eigenvalue weighted by Crippen LogP contribution is 2.52. The van der Waals surface area contributed by atoms with Crippen LogP contribution in [0.4, 0.5) is 0 Å². The Hall–Kier alpha value is -4.22. The average molecular weight is 756 g/mol. The Bertz CT molecular complexity index is 1720. The number of carbonyl (C=O) groups excluding carboxylic acids is 4. The van der Waals surface area contributed by atoms with Crippen molar-refractivity contribution in [1.29, 1.82) is 0 Å². The number of hydrogen-bond donors (Lipinski definition) is 1. The van der Waals surface area contributed by atoms with Gasteiger partial charge in [-0.1, -0.05) is 43.7 Å². The molecule has 1 aromatic carbocycles. The number of benzene rings is 1. The van der Waals surface area contributed by atoms with Gasteiger partial charge in [0.05, 0.1) is 13.2 Å². The van der Waals surface area contributed by atoms with Gasteiger partial charge < -0.3 is 28.8 Å². The van der Waals surface area contributed by atoms with E-state index in [1.54, 1.807) is 55.2 Å². The highest BCUT2D eigenvalue weighted by atomic mass is 32.2. The molecule has 1 amide bonds. The van der Waals surface area contributed by atoms with Crippen LogP contribution in [0.15, 0.2) is 58.9 Å². The van der Waals surface area contributed by atoms with Crippen molar-refractivity contribution in [3.8, 4) is 5.75 Å². The van der Waals surface area contributed by atoms with Gasteiger partial charge in [0.2, 0.25) is 28.1 Å². The molecule has 2 aromatic heterocycles. The zero-order valence-electron chi connectivity index (χ0n) is 29.8. The first kappa shape index (κ1) is 39.0. The first-order valence-electron chi connectivity index (χ1n) is 17.3. The Morgan fingerprint density at radius 2 is 1.87 bits per heavy atom. The van der Waals surface area contributed by atoms with Crippen molar-refractivity contribution in [2.24, 2.45) is 12.0 Å². The summed E-state index contributed by atoms with van der Waals surface area (Å²) in [6.07, 6.45) is 7.42. The Morgan fingerprint density at radius 3 is 2.54 bits per heavy atom. The average Bonchev–Trinajstić information content (AvgIpc) is 3.84. The van der Waals surface area contributed by atoms with Crippen LogP contribution < -0.4 is 10.1 Å². The molecule has 52 heavy (non-hydrogen) atoms. The number of carbonyl (C=O) groups is 4. The number of ether oxygens (including phenoxy) is 4. The summed E-state index contributed by atoms with van der Waals surface area (Å²) in [5, 5.41) is 14.0. The molecule has 3 heterocycles. The third kappa shape index (κ3) is 8.52. The number of unbranched alkanes of at least 4 members (excludes halogenated alkanes) is 2. The SMILES string of the molecule is CCCCCOc1ccc(COC(=O)C23N=C(CSc4nnnn4C)CSC2C(NC(=O)C(CCCC(=O)OCC)n2cccc2)(OC)C3=O)cc1. The van der Waals surface area contributed by atoms with E-state index in [1.165, 1.54) is 35.3 Å². The lowest BCUT2D eigenvalue weighted by Crippen LogP contribution is -2.86. The van der Waals surface area contributed by atoms with E-state index in [0.717, 1.165) is 19.3 Å². The fourth-order valence-corrected chi connectivity index (χ4v) is 8.55. The number of aryl methyl sites for hydroxylation is 1. The number of Topliss-reactive ketones (excluding diaryl/α,β-unsaturated/α-hetero) is 1. The van der Waals surface area contributed by atoms with Crippen LogP contribution in [-0.4, -0.2) is 102 Å². The molecule has 0 spiro atoms. The van der Waals surface area contributed by atoms with Crippen molar-refractivity contribution in [2.75, 3.05) is 31.8 Å². The van der Waals surface area contributed by atoms with Crippen molar-refractivity contribution in [2.45, 2.75) is 86.7 Å². The van der Waals surface area contributed by atoms with E-state index < -0.39 is 40.2 Å². The maximum absolute atomic E-state index is 14.5. The van der Waals surface area contributed by atoms with Gasteiger partial charge in [-0.25, -0.2) is 9.48 Å². The molecule has 5 rings (SSSR count). The molecule has 0 saturated heterocycles. The molecule has 1 fully saturated rings. The highest BCUT2D eigenvalue weighted by Gasteiger charge is 2.79. The molecule has 1 aliphatic heterocycles. The third-order valence-corrected chi connectivity index (χ3v) is 11.4. The number of tetrazole rings is 1. The second-order valence-corrected chi connectivity index (χ2v) is 14.4. The summed E-state index contributed by atoms with van der Waals surface area (Å²) >= 11 is 2.61. The van der Waals surface area contributed by atoms with Crippen LogP contribution in [0.5, 0.6) is 5.75 Å². The predicted octanol–water partition coefficient (Wildman–Crippen LogP) is 3.73. The fourth-order valence-electron chi connectivity index (χ4n) is 6.12. The van der Waals surface area contributed by atoms with Crippen LogP contribution in [0.25, 0.3) is 0 Å². The molecule has 15 nitrogen and oxygen atoms in total. The van der Waals surface area contributed by atoms with E-state index in [1.807, 2.05) is 12.1 Å². The summed E-state index contributed by atoms with van der Waals surface area (Å²) < 4.78 is 25.7. The zero-order valence-corrected chi connectivity index (χ0v) is 31.5. The zero-order chi connectivity index (χ0) is 37.1. The maximum Gasteiger partial charge on any atom is 0.343 e. The molecular formula is C35H45N7O8S2. The minimum Gasteiger partial charge on any atom is -0.494 e. The molecular weight excluding hydrogens is 711 g/mol. The van der Waals surface area contributed by atoms with Crippen LogP contribution in [0.3, 0.4) is 0 Å². The standard InChI is InChI=1S/C35H45N7O8S2/c1-5-7-10-20-49-26-16-14-24(15-17-26)21-50-32(46)34-30(45)35(47-4,31(34)51-22-25(36-34)23-52-33-38-39-40-41(33)3)37-29(44)27(42-18-8-9-19-42)12-11-13-28(43)48-6-2/h8-9,14-19,27,31H,5-7,10-13,20-23H2,1-4H3,(H,37,44). The first-order chi connectivity index (χ1) is 25.2. The van der Waals surface area contributed by atoms with Crippen molar-refractivity contribution >= 4 is 52.9 Å². The van der Waals surface area contributed by atoms with Crippen molar-refractivity contribution in [1.82, 2.24) is 30.1 Å². The number of aromatic nitrogens is 5. The minimum absolute atomic E-state index is 0.103. The Balaban J connectivity index is 1.35. The van der Waals surface area contributed by atoms with Gasteiger partial charge in [-0.15, -0.1) is 16.9 Å². The van der Waals surface area contributed by atoms with Gasteiger partial charge in [-0.05, 0) is 66.4 Å². The van der Waals surface area contributed by atoms with Crippen molar-refractivity contribution < 1.29 is 38.1 Å². The number of fused-ring (bicyclic) bond motifs is 1. The summed E-state index contributed by atoms with van der Waals surface area (Å²) in [7, 11) is 3.03. The Kier molecular flexibility index (Phi) is 13.5. The molecule has 1 saturated carbocycles. The van der Waals surface area contributed by atoms with Crippen LogP contribution in [-0.2, 0) is 47.0 Å². The first-order valence-corrected chi connectivity index (χ1v) is 19.3. The number of aliphatic imine (C=N–C) groups is 1. The molecule has 1 N–H and O–H groups in total. The van der Waals surface area contributed by atoms with Crippen LogP contribution >= 0.6 is 23.5 Å². The smallest absolute Gasteiger partial charge is 0.343 e. The van der Waals surface area contributed by atoms with E-state index in [9.17, 15) is 19.2 Å². The largest absolute Gasteiger partial charge is 0.494 e. The predicted molar refractivity (Wildman–Crippen MR) is 194 cm³/mol. The second-order valence-electron chi connectivity index (χ2n) is 12.4. The summed E-state index contributed by atoms with van der Waals surface area (Å²) in [6, 6.07) is 10.0. The normalized spacial score (nSPS) is 21.3. The number of amides is 1. The third-order valence-electron chi connectivity index (χ3n) is 8.84. The van der Waals surface area contributed by atoms with Gasteiger partial charge in [-0.3, -0.25) is 19.4 Å². The van der Waals surface area contributed by atoms with E-state index in [-0.39, 0.29) is 32.0 Å². The molecule has 2 aliphatic rings. The Labute approximate surface area is 310 Å². The molecule has 280 valence electrons. The number of ketones is 1. The van der Waals surface area contributed by atoms with Crippen LogP contribution in [0, 0.1) is 0 Å². The van der Waals surface area contributed by atoms with Crippen molar-refractivity contribution in [3.05, 3.63) is 54.4 Å². The van der Waals surface area contributed by atoms with E-state index in [2.05, 4.69) is 27.8 Å². The molecule has 0 radical (unpaired) electrons. The summed E-state index contributed by atoms with van der Waals surface area (Å²) in [5.41, 5.74) is -2.55. The fraction of sp³-hybridized carbons (Fsp3) is 0.543. The van der Waals surface area contributed by atoms with Gasteiger partial charge >= 0.3 is 11.9 Å². The lowest BCUT2D eigenvalue weighted by molar-refractivity contribution is -0.187. The number of rotatable bonds is 20. The molecule has 4 unspecified atom stereocenters. The summed E-state index contributed by atoms with van der Waals surface area (Å²) in [6.45, 7) is 4.65.